The lowest BCUT2D eigenvalue weighted by atomic mass is 9.97. The van der Waals surface area contributed by atoms with Crippen LogP contribution in [-0.2, 0) is 17.5 Å². The number of halogens is 3. The summed E-state index contributed by atoms with van der Waals surface area (Å²) in [6.45, 7) is 7.31. The van der Waals surface area contributed by atoms with Gasteiger partial charge in [0.25, 0.3) is 0 Å². The minimum Gasteiger partial charge on any atom is -0.440 e. The van der Waals surface area contributed by atoms with Crippen LogP contribution in [0.1, 0.15) is 50.1 Å². The van der Waals surface area contributed by atoms with Gasteiger partial charge in [0.15, 0.2) is 11.5 Å². The van der Waals surface area contributed by atoms with Crippen LogP contribution < -0.4 is 5.32 Å². The molecule has 0 unspecified atom stereocenters. The Bertz CT molecular complexity index is 733. The molecule has 1 N–H and O–H groups in total. The van der Waals surface area contributed by atoms with E-state index in [0.29, 0.717) is 24.5 Å². The van der Waals surface area contributed by atoms with E-state index in [9.17, 15) is 13.2 Å². The van der Waals surface area contributed by atoms with Crippen LogP contribution in [0.4, 0.5) is 13.2 Å². The summed E-state index contributed by atoms with van der Waals surface area (Å²) in [4.78, 5) is 4.21. The first-order valence-corrected chi connectivity index (χ1v) is 8.03. The van der Waals surface area contributed by atoms with E-state index < -0.39 is 11.7 Å². The van der Waals surface area contributed by atoms with Crippen molar-refractivity contribution in [2.75, 3.05) is 13.2 Å². The van der Waals surface area contributed by atoms with Crippen LogP contribution in [0.3, 0.4) is 0 Å². The SMILES string of the molecule is CC(C)c1nc2cc(CNC[C@@]3(C)CCO3)cc(C(F)(F)F)c2o1. The fourth-order valence-corrected chi connectivity index (χ4v) is 2.73. The highest BCUT2D eigenvalue weighted by Crippen LogP contribution is 2.37. The van der Waals surface area contributed by atoms with Crippen LogP contribution in [0.25, 0.3) is 11.1 Å². The number of nitrogens with zero attached hydrogens (tertiary/aromatic N) is 1. The molecule has 2 heterocycles. The molecule has 0 radical (unpaired) electrons. The standard InChI is InChI=1S/C17H21F3N2O2/c1-10(2)15-22-13-7-11(8-21-9-16(3)4-5-23-16)6-12(14(13)24-15)17(18,19)20/h6-7,10,21H,4-5,8-9H2,1-3H3/t16-/m1/s1. The quantitative estimate of drug-likeness (QED) is 0.883. The first-order valence-electron chi connectivity index (χ1n) is 8.03. The molecule has 1 aliphatic heterocycles. The van der Waals surface area contributed by atoms with Crippen LogP contribution in [0, 0.1) is 0 Å². The lowest BCUT2D eigenvalue weighted by Crippen LogP contribution is -2.48. The molecule has 4 nitrogen and oxygen atoms in total. The van der Waals surface area contributed by atoms with Gasteiger partial charge in [0.05, 0.1) is 12.2 Å². The maximum Gasteiger partial charge on any atom is 0.420 e. The molecular weight excluding hydrogens is 321 g/mol. The molecule has 1 aliphatic rings. The van der Waals surface area contributed by atoms with Crippen LogP contribution in [0.5, 0.6) is 0 Å². The van der Waals surface area contributed by atoms with Gasteiger partial charge in [-0.3, -0.25) is 0 Å². The summed E-state index contributed by atoms with van der Waals surface area (Å²) in [5, 5.41) is 3.17. The number of hydrogen-bond acceptors (Lipinski definition) is 4. The molecule has 1 atom stereocenters. The zero-order valence-electron chi connectivity index (χ0n) is 14.0. The fourth-order valence-electron chi connectivity index (χ4n) is 2.73. The van der Waals surface area contributed by atoms with E-state index in [1.165, 1.54) is 0 Å². The van der Waals surface area contributed by atoms with E-state index in [2.05, 4.69) is 10.3 Å². The maximum absolute atomic E-state index is 13.4. The van der Waals surface area contributed by atoms with Crippen molar-refractivity contribution in [1.29, 1.82) is 0 Å². The monoisotopic (exact) mass is 342 g/mol. The largest absolute Gasteiger partial charge is 0.440 e. The van der Waals surface area contributed by atoms with Crippen LogP contribution in [0.15, 0.2) is 16.5 Å². The van der Waals surface area contributed by atoms with Crippen LogP contribution in [0.2, 0.25) is 0 Å². The Hall–Kier alpha value is -1.60. The molecule has 0 amide bonds. The predicted octanol–water partition coefficient (Wildman–Crippen LogP) is 4.24. The number of rotatable bonds is 5. The highest BCUT2D eigenvalue weighted by Gasteiger charge is 2.36. The minimum atomic E-state index is -4.48. The molecular formula is C17H21F3N2O2. The second-order valence-corrected chi connectivity index (χ2v) is 6.85. The third-order valence-electron chi connectivity index (χ3n) is 4.28. The van der Waals surface area contributed by atoms with Crippen LogP contribution in [-0.4, -0.2) is 23.7 Å². The third kappa shape index (κ3) is 3.42. The molecule has 0 spiro atoms. The van der Waals surface area contributed by atoms with Crippen molar-refractivity contribution in [2.45, 2.75) is 51.4 Å². The summed E-state index contributed by atoms with van der Waals surface area (Å²) in [5.74, 6) is 0.242. The van der Waals surface area contributed by atoms with Crippen molar-refractivity contribution in [3.63, 3.8) is 0 Å². The summed E-state index contributed by atoms with van der Waals surface area (Å²) in [6, 6.07) is 2.78. The summed E-state index contributed by atoms with van der Waals surface area (Å²) in [6.07, 6.45) is -3.53. The van der Waals surface area contributed by atoms with Gasteiger partial charge in [0, 0.05) is 25.4 Å². The van der Waals surface area contributed by atoms with Gasteiger partial charge in [-0.15, -0.1) is 0 Å². The first-order chi connectivity index (χ1) is 11.2. The molecule has 1 fully saturated rings. The van der Waals surface area contributed by atoms with Crippen molar-refractivity contribution in [3.8, 4) is 0 Å². The van der Waals surface area contributed by atoms with Gasteiger partial charge in [0.1, 0.15) is 11.1 Å². The zero-order valence-corrected chi connectivity index (χ0v) is 14.0. The molecule has 3 rings (SSSR count). The number of alkyl halides is 3. The van der Waals surface area contributed by atoms with E-state index in [0.717, 1.165) is 19.1 Å². The van der Waals surface area contributed by atoms with Gasteiger partial charge in [-0.2, -0.15) is 13.2 Å². The molecule has 2 aromatic rings. The van der Waals surface area contributed by atoms with E-state index in [4.69, 9.17) is 9.15 Å². The van der Waals surface area contributed by atoms with Gasteiger partial charge in [0.2, 0.25) is 0 Å². The van der Waals surface area contributed by atoms with Gasteiger partial charge >= 0.3 is 6.18 Å². The molecule has 1 aromatic carbocycles. The Labute approximate surface area is 138 Å². The van der Waals surface area contributed by atoms with Gasteiger partial charge in [-0.25, -0.2) is 4.98 Å². The smallest absolute Gasteiger partial charge is 0.420 e. The lowest BCUT2D eigenvalue weighted by Gasteiger charge is -2.38. The third-order valence-corrected chi connectivity index (χ3v) is 4.28. The second kappa shape index (κ2) is 6.04. The highest BCUT2D eigenvalue weighted by molar-refractivity contribution is 5.78. The Morgan fingerprint density at radius 3 is 2.58 bits per heavy atom. The van der Waals surface area contributed by atoms with Gasteiger partial charge in [-0.1, -0.05) is 13.8 Å². The number of fused-ring (bicyclic) bond motifs is 1. The Morgan fingerprint density at radius 2 is 2.04 bits per heavy atom. The van der Waals surface area contributed by atoms with Crippen LogP contribution >= 0.6 is 0 Å². The van der Waals surface area contributed by atoms with Crippen molar-refractivity contribution in [1.82, 2.24) is 10.3 Å². The number of oxazole rings is 1. The van der Waals surface area contributed by atoms with E-state index in [1.54, 1.807) is 6.07 Å². The zero-order chi connectivity index (χ0) is 17.5. The molecule has 0 bridgehead atoms. The average molecular weight is 342 g/mol. The van der Waals surface area contributed by atoms with Crippen molar-refractivity contribution < 1.29 is 22.3 Å². The Morgan fingerprint density at radius 1 is 1.33 bits per heavy atom. The second-order valence-electron chi connectivity index (χ2n) is 6.85. The van der Waals surface area contributed by atoms with Gasteiger partial charge in [-0.05, 0) is 24.6 Å². The minimum absolute atomic E-state index is 0.0734. The van der Waals surface area contributed by atoms with E-state index in [-0.39, 0.29) is 22.6 Å². The Kier molecular flexibility index (Phi) is 4.34. The maximum atomic E-state index is 13.4. The van der Waals surface area contributed by atoms with E-state index >= 15 is 0 Å². The molecule has 24 heavy (non-hydrogen) atoms. The fraction of sp³-hybridized carbons (Fsp3) is 0.588. The lowest BCUT2D eigenvalue weighted by molar-refractivity contribution is -0.137. The normalized spacial score (nSPS) is 21.5. The average Bonchev–Trinajstić information content (AvgIpc) is 2.87. The number of hydrogen-bond donors (Lipinski definition) is 1. The Balaban J connectivity index is 1.87. The number of benzene rings is 1. The summed E-state index contributed by atoms with van der Waals surface area (Å²) >= 11 is 0. The van der Waals surface area contributed by atoms with E-state index in [1.807, 2.05) is 20.8 Å². The summed E-state index contributed by atoms with van der Waals surface area (Å²) < 4.78 is 50.9. The predicted molar refractivity (Wildman–Crippen MR) is 83.8 cm³/mol. The first kappa shape index (κ1) is 17.2. The van der Waals surface area contributed by atoms with Crippen molar-refractivity contribution in [2.24, 2.45) is 0 Å². The molecule has 1 aromatic heterocycles. The van der Waals surface area contributed by atoms with Crippen molar-refractivity contribution in [3.05, 3.63) is 29.2 Å². The summed E-state index contributed by atoms with van der Waals surface area (Å²) in [7, 11) is 0. The molecule has 7 heteroatoms. The number of ether oxygens (including phenoxy) is 1. The van der Waals surface area contributed by atoms with Gasteiger partial charge < -0.3 is 14.5 Å². The molecule has 1 saturated heterocycles. The summed E-state index contributed by atoms with van der Waals surface area (Å²) in [5.41, 5.74) is -0.403. The highest BCUT2D eigenvalue weighted by atomic mass is 19.4. The molecule has 0 aliphatic carbocycles. The molecule has 132 valence electrons. The molecule has 0 saturated carbocycles. The number of aromatic nitrogens is 1. The topological polar surface area (TPSA) is 47.3 Å². The van der Waals surface area contributed by atoms with Crippen molar-refractivity contribution >= 4 is 11.1 Å². The number of nitrogens with one attached hydrogen (secondary N) is 1.